The van der Waals surface area contributed by atoms with E-state index in [0.29, 0.717) is 47.2 Å². The Morgan fingerprint density at radius 1 is 1.27 bits per heavy atom. The number of hydrogen-bond donors (Lipinski definition) is 1. The van der Waals surface area contributed by atoms with E-state index in [1.807, 2.05) is 13.8 Å². The smallest absolute Gasteiger partial charge is 0.259 e. The van der Waals surface area contributed by atoms with E-state index >= 15 is 0 Å². The number of nitrogens with one attached hydrogen (secondary N) is 1. The minimum Gasteiger partial charge on any atom is -0.493 e. The lowest BCUT2D eigenvalue weighted by atomic mass is 10.1. The highest BCUT2D eigenvalue weighted by atomic mass is 35.5. The maximum atomic E-state index is 12.7. The number of carbonyl (C=O) groups is 1. The molecule has 26 heavy (non-hydrogen) atoms. The van der Waals surface area contributed by atoms with Crippen molar-refractivity contribution in [1.29, 1.82) is 5.26 Å². The van der Waals surface area contributed by atoms with Crippen LogP contribution < -0.4 is 14.8 Å². The fourth-order valence-corrected chi connectivity index (χ4v) is 2.41. The standard InChI is InChI=1S/C20H21ClN2O3/c1-14(2)26-19-9-8-15(21)12-18(19)20(24)23-16-6-5-7-17(13-16)25-11-4-3-10-22/h5-9,12-14H,3-4,11H2,1-2H3,(H,23,24). The largest absolute Gasteiger partial charge is 0.493 e. The van der Waals surface area contributed by atoms with Gasteiger partial charge in [0.05, 0.1) is 24.3 Å². The first-order chi connectivity index (χ1) is 12.5. The molecule has 1 N–H and O–H groups in total. The molecular weight excluding hydrogens is 352 g/mol. The molecule has 0 atom stereocenters. The number of carbonyl (C=O) groups excluding carboxylic acids is 1. The number of benzene rings is 2. The van der Waals surface area contributed by atoms with Crippen LogP contribution in [0.2, 0.25) is 5.02 Å². The maximum absolute atomic E-state index is 12.7. The topological polar surface area (TPSA) is 71.3 Å². The van der Waals surface area contributed by atoms with Gasteiger partial charge in [-0.15, -0.1) is 0 Å². The lowest BCUT2D eigenvalue weighted by Crippen LogP contribution is -2.16. The summed E-state index contributed by atoms with van der Waals surface area (Å²) in [7, 11) is 0. The van der Waals surface area contributed by atoms with Gasteiger partial charge in [-0.05, 0) is 50.6 Å². The van der Waals surface area contributed by atoms with Crippen LogP contribution in [0.3, 0.4) is 0 Å². The fraction of sp³-hybridized carbons (Fsp3) is 0.300. The van der Waals surface area contributed by atoms with Crippen molar-refractivity contribution in [2.45, 2.75) is 32.8 Å². The second kappa shape index (κ2) is 9.69. The van der Waals surface area contributed by atoms with Crippen LogP contribution in [0.5, 0.6) is 11.5 Å². The Hall–Kier alpha value is -2.71. The minimum atomic E-state index is -0.315. The summed E-state index contributed by atoms with van der Waals surface area (Å²) in [6.45, 7) is 4.23. The molecule has 1 amide bonds. The van der Waals surface area contributed by atoms with Crippen LogP contribution in [0.1, 0.15) is 37.0 Å². The van der Waals surface area contributed by atoms with Gasteiger partial charge in [-0.1, -0.05) is 17.7 Å². The van der Waals surface area contributed by atoms with Gasteiger partial charge < -0.3 is 14.8 Å². The minimum absolute atomic E-state index is 0.0622. The Kier molecular flexibility index (Phi) is 7.31. The molecule has 0 aliphatic rings. The summed E-state index contributed by atoms with van der Waals surface area (Å²) in [5, 5.41) is 11.8. The van der Waals surface area contributed by atoms with Gasteiger partial charge in [-0.25, -0.2) is 0 Å². The zero-order chi connectivity index (χ0) is 18.9. The first-order valence-corrected chi connectivity index (χ1v) is 8.74. The lowest BCUT2D eigenvalue weighted by Gasteiger charge is -2.15. The first kappa shape index (κ1) is 19.6. The number of nitriles is 1. The van der Waals surface area contributed by atoms with Gasteiger partial charge >= 0.3 is 0 Å². The summed E-state index contributed by atoms with van der Waals surface area (Å²) in [6.07, 6.45) is 1.04. The Balaban J connectivity index is 2.10. The third-order valence-corrected chi connectivity index (χ3v) is 3.58. The molecule has 0 heterocycles. The van der Waals surface area contributed by atoms with Crippen molar-refractivity contribution < 1.29 is 14.3 Å². The average Bonchev–Trinajstić information content (AvgIpc) is 2.60. The van der Waals surface area contributed by atoms with Gasteiger partial charge in [0.2, 0.25) is 0 Å². The predicted molar refractivity (Wildman–Crippen MR) is 102 cm³/mol. The van der Waals surface area contributed by atoms with E-state index in [2.05, 4.69) is 11.4 Å². The summed E-state index contributed by atoms with van der Waals surface area (Å²) >= 11 is 6.03. The Labute approximate surface area is 158 Å². The molecular formula is C20H21ClN2O3. The lowest BCUT2D eigenvalue weighted by molar-refractivity contribution is 0.102. The van der Waals surface area contributed by atoms with Crippen LogP contribution in [0.4, 0.5) is 5.69 Å². The molecule has 0 spiro atoms. The van der Waals surface area contributed by atoms with Crippen molar-refractivity contribution in [2.75, 3.05) is 11.9 Å². The van der Waals surface area contributed by atoms with E-state index in [1.54, 1.807) is 42.5 Å². The Bertz CT molecular complexity index is 800. The van der Waals surface area contributed by atoms with Crippen molar-refractivity contribution in [2.24, 2.45) is 0 Å². The highest BCUT2D eigenvalue weighted by Crippen LogP contribution is 2.26. The van der Waals surface area contributed by atoms with E-state index in [0.717, 1.165) is 0 Å². The van der Waals surface area contributed by atoms with Crippen LogP contribution in [-0.4, -0.2) is 18.6 Å². The number of halogens is 1. The molecule has 0 bridgehead atoms. The number of amides is 1. The van der Waals surface area contributed by atoms with Crippen molar-refractivity contribution in [3.8, 4) is 17.6 Å². The van der Waals surface area contributed by atoms with Gasteiger partial charge in [-0.2, -0.15) is 5.26 Å². The highest BCUT2D eigenvalue weighted by Gasteiger charge is 2.15. The van der Waals surface area contributed by atoms with Crippen LogP contribution >= 0.6 is 11.6 Å². The molecule has 2 rings (SSSR count). The van der Waals surface area contributed by atoms with E-state index in [1.165, 1.54) is 0 Å². The van der Waals surface area contributed by atoms with Crippen molar-refractivity contribution in [3.05, 3.63) is 53.1 Å². The Morgan fingerprint density at radius 3 is 2.81 bits per heavy atom. The number of nitrogens with zero attached hydrogens (tertiary/aromatic N) is 1. The summed E-state index contributed by atoms with van der Waals surface area (Å²) < 4.78 is 11.3. The third kappa shape index (κ3) is 5.98. The van der Waals surface area contributed by atoms with Crippen molar-refractivity contribution in [3.63, 3.8) is 0 Å². The van der Waals surface area contributed by atoms with Crippen LogP contribution in [-0.2, 0) is 0 Å². The molecule has 0 radical (unpaired) electrons. The van der Waals surface area contributed by atoms with Crippen LogP contribution in [0, 0.1) is 11.3 Å². The van der Waals surface area contributed by atoms with Crippen molar-refractivity contribution in [1.82, 2.24) is 0 Å². The first-order valence-electron chi connectivity index (χ1n) is 8.37. The number of ether oxygens (including phenoxy) is 2. The highest BCUT2D eigenvalue weighted by molar-refractivity contribution is 6.31. The van der Waals surface area contributed by atoms with Crippen LogP contribution in [0.15, 0.2) is 42.5 Å². The Morgan fingerprint density at radius 2 is 2.08 bits per heavy atom. The number of unbranched alkanes of at least 4 members (excludes halogenated alkanes) is 1. The molecule has 2 aromatic rings. The van der Waals surface area contributed by atoms with Gasteiger partial charge in [0.15, 0.2) is 0 Å². The molecule has 0 saturated heterocycles. The van der Waals surface area contributed by atoms with Crippen molar-refractivity contribution >= 4 is 23.2 Å². The molecule has 0 fully saturated rings. The molecule has 0 aliphatic carbocycles. The quantitative estimate of drug-likeness (QED) is 0.657. The summed E-state index contributed by atoms with van der Waals surface area (Å²) in [5.74, 6) is 0.793. The van der Waals surface area contributed by atoms with Gasteiger partial charge in [0.1, 0.15) is 11.5 Å². The summed E-state index contributed by atoms with van der Waals surface area (Å²) in [5.41, 5.74) is 0.967. The number of anilines is 1. The molecule has 6 heteroatoms. The predicted octanol–water partition coefficient (Wildman–Crippen LogP) is 5.06. The van der Waals surface area contributed by atoms with E-state index in [4.69, 9.17) is 26.3 Å². The van der Waals surface area contributed by atoms with Crippen LogP contribution in [0.25, 0.3) is 0 Å². The SMILES string of the molecule is CC(C)Oc1ccc(Cl)cc1C(=O)Nc1cccc(OCCCC#N)c1. The number of hydrogen-bond acceptors (Lipinski definition) is 4. The molecule has 136 valence electrons. The fourth-order valence-electron chi connectivity index (χ4n) is 2.24. The zero-order valence-corrected chi connectivity index (χ0v) is 15.5. The van der Waals surface area contributed by atoms with Gasteiger partial charge in [0, 0.05) is 23.2 Å². The molecule has 2 aromatic carbocycles. The summed E-state index contributed by atoms with van der Waals surface area (Å²) in [4.78, 5) is 12.7. The molecule has 5 nitrogen and oxygen atoms in total. The monoisotopic (exact) mass is 372 g/mol. The second-order valence-corrected chi connectivity index (χ2v) is 6.34. The van der Waals surface area contributed by atoms with E-state index in [9.17, 15) is 4.79 Å². The maximum Gasteiger partial charge on any atom is 0.259 e. The second-order valence-electron chi connectivity index (χ2n) is 5.90. The molecule has 0 aromatic heterocycles. The number of rotatable bonds is 8. The average molecular weight is 373 g/mol. The summed E-state index contributed by atoms with van der Waals surface area (Å²) in [6, 6.07) is 14.1. The third-order valence-electron chi connectivity index (χ3n) is 3.34. The molecule has 0 aliphatic heterocycles. The normalized spacial score (nSPS) is 10.3. The van der Waals surface area contributed by atoms with Gasteiger partial charge in [0.25, 0.3) is 5.91 Å². The molecule has 0 saturated carbocycles. The molecule has 0 unspecified atom stereocenters. The van der Waals surface area contributed by atoms with E-state index in [-0.39, 0.29) is 12.0 Å². The van der Waals surface area contributed by atoms with E-state index < -0.39 is 0 Å². The van der Waals surface area contributed by atoms with Gasteiger partial charge in [-0.3, -0.25) is 4.79 Å². The zero-order valence-electron chi connectivity index (χ0n) is 14.8.